The fraction of sp³-hybridized carbons (Fsp3) is 0.375. The Hall–Kier alpha value is -1.10. The molecule has 1 aromatic heterocycles. The lowest BCUT2D eigenvalue weighted by Gasteiger charge is -2.06. The van der Waals surface area contributed by atoms with Gasteiger partial charge in [0.15, 0.2) is 5.78 Å². The van der Waals surface area contributed by atoms with E-state index >= 15 is 0 Å². The largest absolute Gasteiger partial charge is 0.493 e. The molecule has 0 N–H and O–H groups in total. The third-order valence-corrected chi connectivity index (χ3v) is 5.86. The van der Waals surface area contributed by atoms with Gasteiger partial charge < -0.3 is 4.74 Å². The molecule has 0 bridgehead atoms. The number of alkyl halides is 2. The predicted molar refractivity (Wildman–Crippen MR) is 90.3 cm³/mol. The molecule has 3 nitrogen and oxygen atoms in total. The Kier molecular flexibility index (Phi) is 4.19. The first-order chi connectivity index (χ1) is 10.4. The lowest BCUT2D eigenvalue weighted by molar-refractivity contribution is 0.102. The second kappa shape index (κ2) is 5.84. The maximum absolute atomic E-state index is 11.5. The number of thiazole rings is 1. The molecule has 0 radical (unpaired) electrons. The van der Waals surface area contributed by atoms with Crippen LogP contribution in [0, 0.1) is 12.8 Å². The Morgan fingerprint density at radius 2 is 2.05 bits per heavy atom. The molecule has 1 aliphatic carbocycles. The van der Waals surface area contributed by atoms with Gasteiger partial charge in [-0.3, -0.25) is 4.79 Å². The lowest BCUT2D eigenvalue weighted by atomic mass is 10.2. The van der Waals surface area contributed by atoms with E-state index in [4.69, 9.17) is 27.9 Å². The zero-order valence-corrected chi connectivity index (χ0v) is 14.6. The number of halogens is 2. The van der Waals surface area contributed by atoms with Crippen LogP contribution in [-0.4, -0.2) is 21.7 Å². The van der Waals surface area contributed by atoms with E-state index in [-0.39, 0.29) is 11.7 Å². The van der Waals surface area contributed by atoms with Crippen molar-refractivity contribution in [3.63, 3.8) is 0 Å². The van der Waals surface area contributed by atoms with Crippen LogP contribution in [0.25, 0.3) is 10.6 Å². The molecule has 1 heterocycles. The fourth-order valence-electron chi connectivity index (χ4n) is 2.19. The third-order valence-electron chi connectivity index (χ3n) is 3.62. The summed E-state index contributed by atoms with van der Waals surface area (Å²) >= 11 is 13.4. The molecule has 1 atom stereocenters. The third kappa shape index (κ3) is 3.29. The van der Waals surface area contributed by atoms with E-state index in [9.17, 15) is 4.79 Å². The van der Waals surface area contributed by atoms with E-state index < -0.39 is 4.33 Å². The first-order valence-corrected chi connectivity index (χ1v) is 8.53. The summed E-state index contributed by atoms with van der Waals surface area (Å²) < 4.78 is 5.07. The molecular formula is C16H15Cl2NO2S. The summed E-state index contributed by atoms with van der Waals surface area (Å²) in [5.41, 5.74) is 1.76. The topological polar surface area (TPSA) is 39.2 Å². The molecule has 6 heteroatoms. The van der Waals surface area contributed by atoms with Crippen LogP contribution in [-0.2, 0) is 0 Å². The van der Waals surface area contributed by atoms with E-state index in [0.717, 1.165) is 28.4 Å². The molecule has 2 aromatic rings. The average Bonchev–Trinajstić information content (AvgIpc) is 2.89. The molecule has 0 amide bonds. The number of Topliss-reactive ketones (excluding diaryl/α,β-unsaturated/α-hetero) is 1. The number of aryl methyl sites for hydroxylation is 1. The first-order valence-electron chi connectivity index (χ1n) is 6.96. The highest BCUT2D eigenvalue weighted by atomic mass is 35.5. The van der Waals surface area contributed by atoms with Crippen molar-refractivity contribution in [3.8, 4) is 16.3 Å². The Morgan fingerprint density at radius 3 is 2.55 bits per heavy atom. The number of ether oxygens (including phenoxy) is 1. The van der Waals surface area contributed by atoms with Crippen LogP contribution in [0.5, 0.6) is 5.75 Å². The maximum atomic E-state index is 11.5. The molecule has 0 spiro atoms. The summed E-state index contributed by atoms with van der Waals surface area (Å²) in [4.78, 5) is 16.7. The van der Waals surface area contributed by atoms with Crippen LogP contribution in [0.2, 0.25) is 0 Å². The second-order valence-corrected chi connectivity index (χ2v) is 8.03. The van der Waals surface area contributed by atoms with Crippen molar-refractivity contribution in [2.24, 2.45) is 5.92 Å². The van der Waals surface area contributed by atoms with Crippen molar-refractivity contribution in [1.29, 1.82) is 0 Å². The van der Waals surface area contributed by atoms with Gasteiger partial charge in [-0.15, -0.1) is 34.5 Å². The Morgan fingerprint density at radius 1 is 1.41 bits per heavy atom. The van der Waals surface area contributed by atoms with Crippen LogP contribution < -0.4 is 4.74 Å². The Labute approximate surface area is 143 Å². The molecule has 0 unspecified atom stereocenters. The van der Waals surface area contributed by atoms with Crippen molar-refractivity contribution in [3.05, 3.63) is 34.8 Å². The minimum atomic E-state index is -0.610. The van der Waals surface area contributed by atoms with Gasteiger partial charge >= 0.3 is 0 Å². The van der Waals surface area contributed by atoms with Gasteiger partial charge in [0.05, 0.1) is 17.2 Å². The van der Waals surface area contributed by atoms with Gasteiger partial charge in [0.25, 0.3) is 0 Å². The number of ketones is 1. The van der Waals surface area contributed by atoms with Crippen molar-refractivity contribution in [2.45, 2.75) is 24.6 Å². The van der Waals surface area contributed by atoms with Gasteiger partial charge in [-0.1, -0.05) is 0 Å². The average molecular weight is 356 g/mol. The van der Waals surface area contributed by atoms with E-state index in [2.05, 4.69) is 4.98 Å². The van der Waals surface area contributed by atoms with Crippen LogP contribution in [0.1, 0.15) is 28.7 Å². The molecule has 116 valence electrons. The van der Waals surface area contributed by atoms with Gasteiger partial charge in [0, 0.05) is 18.4 Å². The van der Waals surface area contributed by atoms with E-state index in [1.165, 1.54) is 11.3 Å². The first kappa shape index (κ1) is 15.8. The highest BCUT2D eigenvalue weighted by molar-refractivity contribution is 7.17. The number of nitrogens with zero attached hydrogens (tertiary/aromatic N) is 1. The quantitative estimate of drug-likeness (QED) is 0.565. The molecule has 3 rings (SSSR count). The number of rotatable bonds is 5. The number of benzene rings is 1. The van der Waals surface area contributed by atoms with Crippen molar-refractivity contribution in [2.75, 3.05) is 6.61 Å². The summed E-state index contributed by atoms with van der Waals surface area (Å²) in [7, 11) is 0. The van der Waals surface area contributed by atoms with Gasteiger partial charge in [-0.25, -0.2) is 4.98 Å². The zero-order valence-electron chi connectivity index (χ0n) is 12.2. The fourth-order valence-corrected chi connectivity index (χ4v) is 3.65. The number of carbonyl (C=O) groups is 1. The van der Waals surface area contributed by atoms with Crippen LogP contribution in [0.3, 0.4) is 0 Å². The minimum Gasteiger partial charge on any atom is -0.493 e. The van der Waals surface area contributed by atoms with Gasteiger partial charge in [-0.05, 0) is 37.6 Å². The Balaban J connectivity index is 1.69. The number of carbonyl (C=O) groups excluding carboxylic acids is 1. The number of hydrogen-bond donors (Lipinski definition) is 0. The molecule has 0 aliphatic heterocycles. The zero-order chi connectivity index (χ0) is 15.9. The smallest absolute Gasteiger partial charge is 0.171 e. The minimum absolute atomic E-state index is 0.0521. The second-order valence-electron chi connectivity index (χ2n) is 5.49. The van der Waals surface area contributed by atoms with Crippen molar-refractivity contribution < 1.29 is 9.53 Å². The summed E-state index contributed by atoms with van der Waals surface area (Å²) in [5, 5.41) is 0.844. The van der Waals surface area contributed by atoms with Crippen molar-refractivity contribution in [1.82, 2.24) is 4.98 Å². The molecule has 1 fully saturated rings. The number of hydrogen-bond acceptors (Lipinski definition) is 4. The van der Waals surface area contributed by atoms with Crippen molar-refractivity contribution >= 4 is 40.3 Å². The summed E-state index contributed by atoms with van der Waals surface area (Å²) in [6, 6.07) is 7.68. The SMILES string of the molecule is CC(=O)c1sc(-c2ccc(OC[C@H]3CC3(Cl)Cl)cc2)nc1C. The normalized spacial score (nSPS) is 19.0. The highest BCUT2D eigenvalue weighted by Crippen LogP contribution is 2.53. The molecular weight excluding hydrogens is 341 g/mol. The molecule has 1 aliphatic rings. The molecule has 22 heavy (non-hydrogen) atoms. The summed E-state index contributed by atoms with van der Waals surface area (Å²) in [6.07, 6.45) is 0.778. The monoisotopic (exact) mass is 355 g/mol. The van der Waals surface area contributed by atoms with Crippen LogP contribution in [0.15, 0.2) is 24.3 Å². The van der Waals surface area contributed by atoms with E-state index in [1.54, 1.807) is 6.92 Å². The summed E-state index contributed by atoms with van der Waals surface area (Å²) in [6.45, 7) is 3.94. The van der Waals surface area contributed by atoms with Crippen LogP contribution >= 0.6 is 34.5 Å². The predicted octanol–water partition coefficient (Wildman–Crippen LogP) is 4.89. The highest BCUT2D eigenvalue weighted by Gasteiger charge is 2.52. The van der Waals surface area contributed by atoms with Gasteiger partial charge in [-0.2, -0.15) is 0 Å². The molecule has 1 aromatic carbocycles. The van der Waals surface area contributed by atoms with Gasteiger partial charge in [0.2, 0.25) is 0 Å². The number of aromatic nitrogens is 1. The summed E-state index contributed by atoms with van der Waals surface area (Å²) in [5.74, 6) is 1.03. The van der Waals surface area contributed by atoms with Gasteiger partial charge in [0.1, 0.15) is 15.1 Å². The standard InChI is InChI=1S/C16H15Cl2NO2S/c1-9-14(10(2)20)22-15(19-9)11-3-5-13(6-4-11)21-8-12-7-16(12,17)18/h3-6,12H,7-8H2,1-2H3/t12-/m1/s1. The lowest BCUT2D eigenvalue weighted by Crippen LogP contribution is -2.04. The maximum Gasteiger partial charge on any atom is 0.171 e. The van der Waals surface area contributed by atoms with Crippen LogP contribution in [0.4, 0.5) is 0 Å². The Bertz CT molecular complexity index is 709. The molecule has 1 saturated carbocycles. The van der Waals surface area contributed by atoms with E-state index in [0.29, 0.717) is 11.5 Å². The van der Waals surface area contributed by atoms with E-state index in [1.807, 2.05) is 31.2 Å². The molecule has 0 saturated heterocycles.